The van der Waals surface area contributed by atoms with Gasteiger partial charge >= 0.3 is 11.9 Å². The zero-order valence-electron chi connectivity index (χ0n) is 21.8. The van der Waals surface area contributed by atoms with E-state index in [4.69, 9.17) is 23.7 Å². The van der Waals surface area contributed by atoms with Crippen LogP contribution in [0.3, 0.4) is 0 Å². The summed E-state index contributed by atoms with van der Waals surface area (Å²) in [5, 5.41) is 0. The van der Waals surface area contributed by atoms with Crippen molar-refractivity contribution in [1.29, 1.82) is 0 Å². The number of carbonyl (C=O) groups excluding carboxylic acids is 2. The Hall–Kier alpha value is -3.22. The Balaban J connectivity index is 2.49. The monoisotopic (exact) mass is 486 g/mol. The van der Waals surface area contributed by atoms with E-state index in [1.807, 2.05) is 6.07 Å². The lowest BCUT2D eigenvalue weighted by Gasteiger charge is -2.17. The predicted octanol–water partition coefficient (Wildman–Crippen LogP) is 6.18. The number of rotatable bonds is 14. The number of aryl methyl sites for hydroxylation is 2. The van der Waals surface area contributed by atoms with E-state index in [2.05, 4.69) is 13.8 Å². The van der Waals surface area contributed by atoms with Crippen molar-refractivity contribution in [3.63, 3.8) is 0 Å². The molecule has 0 aliphatic carbocycles. The van der Waals surface area contributed by atoms with Crippen molar-refractivity contribution in [3.05, 3.63) is 46.5 Å². The fraction of sp³-hybridized carbons (Fsp3) is 0.500. The van der Waals surface area contributed by atoms with Gasteiger partial charge in [-0.2, -0.15) is 0 Å². The Bertz CT molecular complexity index is 997. The average molecular weight is 487 g/mol. The lowest BCUT2D eigenvalue weighted by atomic mass is 9.99. The smallest absolute Gasteiger partial charge is 0.347 e. The average Bonchev–Trinajstić information content (AvgIpc) is 2.87. The Morgan fingerprint density at radius 3 is 1.57 bits per heavy atom. The molecule has 0 saturated heterocycles. The number of hydrogen-bond donors (Lipinski definition) is 0. The molecule has 2 aromatic rings. The van der Waals surface area contributed by atoms with Crippen LogP contribution in [0.2, 0.25) is 0 Å². The molecule has 0 radical (unpaired) electrons. The first-order valence-electron chi connectivity index (χ1n) is 12.2. The summed E-state index contributed by atoms with van der Waals surface area (Å²) in [4.78, 5) is 25.9. The fourth-order valence-electron chi connectivity index (χ4n) is 4.04. The molecule has 0 bridgehead atoms. The van der Waals surface area contributed by atoms with Gasteiger partial charge in [0.25, 0.3) is 0 Å². The van der Waals surface area contributed by atoms with Gasteiger partial charge in [-0.3, -0.25) is 0 Å². The summed E-state index contributed by atoms with van der Waals surface area (Å²) in [6.07, 6.45) is 7.29. The van der Waals surface area contributed by atoms with E-state index in [1.54, 1.807) is 25.3 Å². The summed E-state index contributed by atoms with van der Waals surface area (Å²) < 4.78 is 27.2. The molecular formula is C28H38O7. The van der Waals surface area contributed by atoms with Gasteiger partial charge in [0.1, 0.15) is 34.1 Å². The summed E-state index contributed by atoms with van der Waals surface area (Å²) in [7, 11) is 5.91. The largest absolute Gasteiger partial charge is 0.497 e. The minimum atomic E-state index is -0.539. The zero-order valence-corrected chi connectivity index (χ0v) is 21.8. The van der Waals surface area contributed by atoms with Crippen LogP contribution < -0.4 is 18.9 Å². The minimum absolute atomic E-state index is 0.295. The fourth-order valence-corrected chi connectivity index (χ4v) is 4.04. The minimum Gasteiger partial charge on any atom is -0.497 e. The van der Waals surface area contributed by atoms with Crippen LogP contribution in [0.1, 0.15) is 84.2 Å². The van der Waals surface area contributed by atoms with E-state index >= 15 is 0 Å². The maximum absolute atomic E-state index is 13.4. The van der Waals surface area contributed by atoms with Crippen LogP contribution in [-0.4, -0.2) is 40.4 Å². The third-order valence-corrected chi connectivity index (χ3v) is 5.89. The number of benzene rings is 2. The van der Waals surface area contributed by atoms with Crippen molar-refractivity contribution in [2.45, 2.75) is 65.2 Å². The van der Waals surface area contributed by atoms with E-state index in [0.29, 0.717) is 47.0 Å². The van der Waals surface area contributed by atoms with Gasteiger partial charge in [0.05, 0.1) is 28.4 Å². The molecule has 192 valence electrons. The first-order chi connectivity index (χ1) is 16.9. The number of ether oxygens (including phenoxy) is 5. The van der Waals surface area contributed by atoms with Crippen molar-refractivity contribution in [1.82, 2.24) is 0 Å². The molecule has 0 heterocycles. The van der Waals surface area contributed by atoms with Gasteiger partial charge in [-0.1, -0.05) is 39.5 Å². The number of esters is 2. The summed E-state index contributed by atoms with van der Waals surface area (Å²) >= 11 is 0. The van der Waals surface area contributed by atoms with Crippen LogP contribution >= 0.6 is 0 Å². The molecule has 0 aliphatic heterocycles. The van der Waals surface area contributed by atoms with Crippen molar-refractivity contribution < 1.29 is 33.3 Å². The highest BCUT2D eigenvalue weighted by Gasteiger charge is 2.24. The van der Waals surface area contributed by atoms with Gasteiger partial charge in [-0.05, 0) is 48.9 Å². The standard InChI is InChI=1S/C28H38O7/c1-7-9-11-13-19-15-21(31-3)17-23(32-4)26(19)28(30)35-22-16-20(14-12-10-8-2)25(27(29)34-6)24(18-22)33-5/h15-18H,7-14H2,1-6H3. The first kappa shape index (κ1) is 28.0. The SMILES string of the molecule is CCCCCc1cc(OC(=O)c2c(CCCCC)cc(OC)cc2OC)cc(OC)c1C(=O)OC. The van der Waals surface area contributed by atoms with E-state index < -0.39 is 11.9 Å². The number of hydrogen-bond acceptors (Lipinski definition) is 7. The van der Waals surface area contributed by atoms with E-state index in [1.165, 1.54) is 21.3 Å². The lowest BCUT2D eigenvalue weighted by molar-refractivity contribution is 0.0595. The van der Waals surface area contributed by atoms with Gasteiger partial charge in [0.2, 0.25) is 0 Å². The summed E-state index contributed by atoms with van der Waals surface area (Å²) in [5.74, 6) is 0.584. The highest BCUT2D eigenvalue weighted by atomic mass is 16.5. The maximum atomic E-state index is 13.4. The molecular weight excluding hydrogens is 448 g/mol. The quantitative estimate of drug-likeness (QED) is 0.179. The van der Waals surface area contributed by atoms with Crippen molar-refractivity contribution in [2.24, 2.45) is 0 Å². The third kappa shape index (κ3) is 7.38. The topological polar surface area (TPSA) is 80.3 Å². The van der Waals surface area contributed by atoms with Crippen LogP contribution in [0.25, 0.3) is 0 Å². The number of unbranched alkanes of at least 4 members (excludes halogenated alkanes) is 4. The summed E-state index contributed by atoms with van der Waals surface area (Å²) in [6.45, 7) is 4.24. The summed E-state index contributed by atoms with van der Waals surface area (Å²) in [5.41, 5.74) is 2.25. The highest BCUT2D eigenvalue weighted by Crippen LogP contribution is 2.34. The Morgan fingerprint density at radius 1 is 0.629 bits per heavy atom. The predicted molar refractivity (Wildman–Crippen MR) is 135 cm³/mol. The molecule has 35 heavy (non-hydrogen) atoms. The van der Waals surface area contributed by atoms with E-state index in [9.17, 15) is 9.59 Å². The Morgan fingerprint density at radius 2 is 1.11 bits per heavy atom. The molecule has 0 fully saturated rings. The molecule has 0 spiro atoms. The Labute approximate surface area is 208 Å². The molecule has 0 aromatic heterocycles. The van der Waals surface area contributed by atoms with Gasteiger partial charge in [-0.15, -0.1) is 0 Å². The second-order valence-electron chi connectivity index (χ2n) is 8.32. The van der Waals surface area contributed by atoms with Crippen LogP contribution in [0, 0.1) is 0 Å². The van der Waals surface area contributed by atoms with E-state index in [0.717, 1.165) is 49.7 Å². The van der Waals surface area contributed by atoms with E-state index in [-0.39, 0.29) is 0 Å². The van der Waals surface area contributed by atoms with Crippen molar-refractivity contribution in [2.75, 3.05) is 28.4 Å². The summed E-state index contributed by atoms with van der Waals surface area (Å²) in [6, 6.07) is 6.79. The van der Waals surface area contributed by atoms with Gasteiger partial charge < -0.3 is 23.7 Å². The normalized spacial score (nSPS) is 10.6. The molecule has 0 unspecified atom stereocenters. The third-order valence-electron chi connectivity index (χ3n) is 5.89. The maximum Gasteiger partial charge on any atom is 0.347 e. The Kier molecular flexibility index (Phi) is 11.4. The molecule has 0 amide bonds. The number of carbonyl (C=O) groups is 2. The zero-order chi connectivity index (χ0) is 25.8. The molecule has 2 aromatic carbocycles. The molecule has 7 heteroatoms. The van der Waals surface area contributed by atoms with Crippen LogP contribution in [-0.2, 0) is 17.6 Å². The molecule has 7 nitrogen and oxygen atoms in total. The van der Waals surface area contributed by atoms with Gasteiger partial charge in [0, 0.05) is 12.1 Å². The highest BCUT2D eigenvalue weighted by molar-refractivity contribution is 5.97. The number of methoxy groups -OCH3 is 4. The lowest BCUT2D eigenvalue weighted by Crippen LogP contribution is -2.15. The molecule has 0 atom stereocenters. The first-order valence-corrected chi connectivity index (χ1v) is 12.2. The van der Waals surface area contributed by atoms with Crippen LogP contribution in [0.5, 0.6) is 23.0 Å². The van der Waals surface area contributed by atoms with Crippen LogP contribution in [0.4, 0.5) is 0 Å². The second kappa shape index (κ2) is 14.2. The molecule has 2 rings (SSSR count). The van der Waals surface area contributed by atoms with Gasteiger partial charge in [-0.25, -0.2) is 9.59 Å². The van der Waals surface area contributed by atoms with Crippen molar-refractivity contribution >= 4 is 11.9 Å². The van der Waals surface area contributed by atoms with Crippen LogP contribution in [0.15, 0.2) is 24.3 Å². The van der Waals surface area contributed by atoms with Crippen molar-refractivity contribution in [3.8, 4) is 23.0 Å². The second-order valence-corrected chi connectivity index (χ2v) is 8.32. The molecule has 0 N–H and O–H groups in total. The molecule has 0 aliphatic rings. The molecule has 0 saturated carbocycles. The van der Waals surface area contributed by atoms with Gasteiger partial charge in [0.15, 0.2) is 0 Å².